The maximum absolute atomic E-state index is 13.1. The number of hydrogen-bond donors (Lipinski definition) is 4. The molecule has 4 N–H and O–H groups in total. The molecular weight excluding hydrogens is 586 g/mol. The molecule has 43 heavy (non-hydrogen) atoms. The van der Waals surface area contributed by atoms with Gasteiger partial charge in [-0.1, -0.05) is 23.9 Å². The molecule has 3 aliphatic heterocycles. The Morgan fingerprint density at radius 2 is 1.81 bits per heavy atom. The third kappa shape index (κ3) is 8.44. The quantitative estimate of drug-likeness (QED) is 0.244. The van der Waals surface area contributed by atoms with Crippen LogP contribution in [-0.2, 0) is 44.5 Å². The van der Waals surface area contributed by atoms with Crippen molar-refractivity contribution < 1.29 is 53.1 Å². The van der Waals surface area contributed by atoms with Crippen LogP contribution in [0.1, 0.15) is 39.2 Å². The lowest BCUT2D eigenvalue weighted by atomic mass is 9.96. The Morgan fingerprint density at radius 3 is 2.47 bits per heavy atom. The van der Waals surface area contributed by atoms with Crippen molar-refractivity contribution in [1.29, 1.82) is 0 Å². The molecule has 9 atom stereocenters. The largest absolute Gasteiger partial charge is 0.497 e. The number of rotatable bonds is 13. The number of methoxy groups -OCH3 is 1. The van der Waals surface area contributed by atoms with Gasteiger partial charge in [-0.05, 0) is 44.9 Å². The molecule has 0 radical (unpaired) electrons. The molecule has 4 rings (SSSR count). The topological polar surface area (TPSA) is 191 Å². The molecule has 236 valence electrons. The minimum atomic E-state index is -1.41. The van der Waals surface area contributed by atoms with E-state index in [4.69, 9.17) is 33.8 Å². The smallest absolute Gasteiger partial charge is 0.326 e. The third-order valence-electron chi connectivity index (χ3n) is 7.29. The predicted octanol–water partition coefficient (Wildman–Crippen LogP) is 0.951. The zero-order chi connectivity index (χ0) is 31.3. The van der Waals surface area contributed by atoms with E-state index in [1.807, 2.05) is 31.2 Å². The molecule has 0 unspecified atom stereocenters. The summed E-state index contributed by atoms with van der Waals surface area (Å²) in [5.74, 6) is -3.20. The molecule has 0 aromatic heterocycles. The Hall–Kier alpha value is -3.24. The van der Waals surface area contributed by atoms with E-state index in [9.17, 15) is 24.3 Å². The number of ether oxygens (including phenoxy) is 5. The SMILES string of the molecule is COc1ccc(C[C@@H]2OC[C@H]3O[C@@H]4SC(C)=N[C@@H]4[C@@H](O[C@H](C)C(=O)N[C@@H](C)C(=O)N[C@H](CCC(=O)O)C(=O)O)[C@@H]3O2)cc1. The summed E-state index contributed by atoms with van der Waals surface area (Å²) >= 11 is 1.47. The van der Waals surface area contributed by atoms with Crippen molar-refractivity contribution in [2.45, 2.75) is 94.3 Å². The van der Waals surface area contributed by atoms with Crippen LogP contribution in [-0.4, -0.2) is 107 Å². The van der Waals surface area contributed by atoms with Crippen LogP contribution < -0.4 is 15.4 Å². The van der Waals surface area contributed by atoms with Gasteiger partial charge in [0.05, 0.1) is 18.8 Å². The van der Waals surface area contributed by atoms with Crippen LogP contribution in [0.15, 0.2) is 29.3 Å². The maximum atomic E-state index is 13.1. The highest BCUT2D eigenvalue weighted by Crippen LogP contribution is 2.41. The van der Waals surface area contributed by atoms with Gasteiger partial charge in [-0.2, -0.15) is 0 Å². The fraction of sp³-hybridized carbons (Fsp3) is 0.607. The van der Waals surface area contributed by atoms with Crippen LogP contribution in [0, 0.1) is 0 Å². The molecule has 2 amide bonds. The number of aliphatic carboxylic acids is 2. The summed E-state index contributed by atoms with van der Waals surface area (Å²) in [5.41, 5.74) is 0.644. The van der Waals surface area contributed by atoms with Crippen LogP contribution >= 0.6 is 11.8 Å². The van der Waals surface area contributed by atoms with Gasteiger partial charge in [0.25, 0.3) is 0 Å². The average Bonchev–Trinajstić information content (AvgIpc) is 3.34. The van der Waals surface area contributed by atoms with E-state index in [0.717, 1.165) is 16.4 Å². The van der Waals surface area contributed by atoms with E-state index >= 15 is 0 Å². The molecule has 2 saturated heterocycles. The van der Waals surface area contributed by atoms with Crippen molar-refractivity contribution in [3.05, 3.63) is 29.8 Å². The zero-order valence-electron chi connectivity index (χ0n) is 24.3. The number of thioether (sulfide) groups is 1. The summed E-state index contributed by atoms with van der Waals surface area (Å²) < 4.78 is 30.0. The number of nitrogens with one attached hydrogen (secondary N) is 2. The number of nitrogens with zero attached hydrogens (tertiary/aromatic N) is 1. The zero-order valence-corrected chi connectivity index (χ0v) is 25.1. The van der Waals surface area contributed by atoms with Crippen LogP contribution in [0.4, 0.5) is 0 Å². The van der Waals surface area contributed by atoms with E-state index in [1.165, 1.54) is 18.7 Å². The molecule has 0 aliphatic carbocycles. The van der Waals surface area contributed by atoms with Gasteiger partial charge in [0, 0.05) is 12.8 Å². The number of amides is 2. The number of fused-ring (bicyclic) bond motifs is 2. The Bertz CT molecular complexity index is 1210. The second kappa shape index (κ2) is 14.5. The lowest BCUT2D eigenvalue weighted by Gasteiger charge is -2.47. The molecule has 0 bridgehead atoms. The third-order valence-corrected chi connectivity index (χ3v) is 8.36. The van der Waals surface area contributed by atoms with Gasteiger partial charge in [-0.25, -0.2) is 4.79 Å². The van der Waals surface area contributed by atoms with Crippen LogP contribution in [0.2, 0.25) is 0 Å². The van der Waals surface area contributed by atoms with Gasteiger partial charge in [0.2, 0.25) is 11.8 Å². The summed E-state index contributed by atoms with van der Waals surface area (Å²) in [5, 5.41) is 23.8. The van der Waals surface area contributed by atoms with Gasteiger partial charge in [-0.3, -0.25) is 19.4 Å². The van der Waals surface area contributed by atoms with Crippen molar-refractivity contribution in [2.24, 2.45) is 4.99 Å². The molecule has 15 heteroatoms. The van der Waals surface area contributed by atoms with Gasteiger partial charge < -0.3 is 44.5 Å². The first kappa shape index (κ1) is 32.7. The molecule has 3 heterocycles. The van der Waals surface area contributed by atoms with Crippen molar-refractivity contribution in [2.75, 3.05) is 13.7 Å². The normalized spacial score (nSPS) is 28.3. The van der Waals surface area contributed by atoms with Crippen LogP contribution in [0.5, 0.6) is 5.75 Å². The minimum absolute atomic E-state index is 0.262. The van der Waals surface area contributed by atoms with Crippen molar-refractivity contribution >= 4 is 40.6 Å². The number of carboxylic acid groups (broad SMARTS) is 2. The van der Waals surface area contributed by atoms with Crippen molar-refractivity contribution in [3.8, 4) is 5.75 Å². The summed E-state index contributed by atoms with van der Waals surface area (Å²) in [7, 11) is 1.60. The number of carbonyl (C=O) groups is 4. The second-order valence-corrected chi connectivity index (χ2v) is 11.8. The van der Waals surface area contributed by atoms with E-state index in [1.54, 1.807) is 14.0 Å². The molecule has 1 aromatic rings. The molecule has 2 fully saturated rings. The number of benzene rings is 1. The Labute approximate surface area is 252 Å². The van der Waals surface area contributed by atoms with Crippen molar-refractivity contribution in [3.63, 3.8) is 0 Å². The predicted molar refractivity (Wildman–Crippen MR) is 153 cm³/mol. The molecular formula is C28H37N3O11S. The van der Waals surface area contributed by atoms with Gasteiger partial charge in [0.1, 0.15) is 53.7 Å². The monoisotopic (exact) mass is 623 g/mol. The molecule has 0 spiro atoms. The Balaban J connectivity index is 1.39. The number of hydrogen-bond acceptors (Lipinski definition) is 11. The number of carbonyl (C=O) groups excluding carboxylic acids is 2. The highest BCUT2D eigenvalue weighted by Gasteiger charge is 2.53. The lowest BCUT2D eigenvalue weighted by Crippen LogP contribution is -2.63. The highest BCUT2D eigenvalue weighted by molar-refractivity contribution is 8.14. The minimum Gasteiger partial charge on any atom is -0.497 e. The second-order valence-electron chi connectivity index (χ2n) is 10.5. The highest BCUT2D eigenvalue weighted by atomic mass is 32.2. The Morgan fingerprint density at radius 1 is 1.09 bits per heavy atom. The summed E-state index contributed by atoms with van der Waals surface area (Å²) in [6.45, 7) is 5.06. The van der Waals surface area contributed by atoms with E-state index < -0.39 is 79.0 Å². The average molecular weight is 624 g/mol. The van der Waals surface area contributed by atoms with Crippen LogP contribution in [0.25, 0.3) is 0 Å². The first-order chi connectivity index (χ1) is 20.4. The first-order valence-electron chi connectivity index (χ1n) is 13.9. The van der Waals surface area contributed by atoms with E-state index in [-0.39, 0.29) is 18.5 Å². The van der Waals surface area contributed by atoms with Gasteiger partial charge >= 0.3 is 11.9 Å². The number of carboxylic acids is 2. The summed E-state index contributed by atoms with van der Waals surface area (Å²) in [6, 6.07) is 4.60. The van der Waals surface area contributed by atoms with E-state index in [0.29, 0.717) is 6.42 Å². The Kier molecular flexibility index (Phi) is 11.0. The van der Waals surface area contributed by atoms with Crippen LogP contribution in [0.3, 0.4) is 0 Å². The molecule has 1 aromatic carbocycles. The summed E-state index contributed by atoms with van der Waals surface area (Å²) in [4.78, 5) is 52.6. The molecule has 3 aliphatic rings. The number of aliphatic imine (C=N–C) groups is 1. The van der Waals surface area contributed by atoms with Gasteiger partial charge in [0.15, 0.2) is 6.29 Å². The van der Waals surface area contributed by atoms with Crippen molar-refractivity contribution in [1.82, 2.24) is 10.6 Å². The molecule has 0 saturated carbocycles. The summed E-state index contributed by atoms with van der Waals surface area (Å²) in [6.07, 6.45) is -3.59. The first-order valence-corrected chi connectivity index (χ1v) is 14.8. The fourth-order valence-corrected chi connectivity index (χ4v) is 6.05. The standard InChI is InChI=1S/C28H37N3O11S/c1-13(25(34)31-18(27(36)37)9-10-20(32)33)29-26(35)14(2)40-24-22-28(43-15(3)30-22)41-19-12-39-21(42-23(19)24)11-16-5-7-17(38-4)8-6-16/h5-8,13-14,18-19,21-24,28H,9-12H2,1-4H3,(H,29,35)(H,31,34)(H,32,33)(H,36,37)/t13-,14+,18+,19+,21+,22+,23+,24+,28+/m0/s1. The van der Waals surface area contributed by atoms with E-state index in [2.05, 4.69) is 10.6 Å². The fourth-order valence-electron chi connectivity index (χ4n) is 4.98. The van der Waals surface area contributed by atoms with Gasteiger partial charge in [-0.15, -0.1) is 0 Å². The molecule has 14 nitrogen and oxygen atoms in total. The maximum Gasteiger partial charge on any atom is 0.326 e. The lowest BCUT2D eigenvalue weighted by molar-refractivity contribution is -0.307.